The molecule has 8 nitrogen and oxygen atoms in total. The first-order chi connectivity index (χ1) is 8.95. The van der Waals surface area contributed by atoms with Gasteiger partial charge in [0.25, 0.3) is 0 Å². The molecule has 114 valence electrons. The summed E-state index contributed by atoms with van der Waals surface area (Å²) in [4.78, 5) is 22.1. The van der Waals surface area contributed by atoms with Crippen LogP contribution in [0.3, 0.4) is 0 Å². The second-order valence-corrected chi connectivity index (χ2v) is 5.18. The maximum atomic E-state index is 12.1. The molecule has 2 N–H and O–H groups in total. The van der Waals surface area contributed by atoms with E-state index in [0.717, 1.165) is 0 Å². The highest BCUT2D eigenvalue weighted by Crippen LogP contribution is 2.30. The lowest BCUT2D eigenvalue weighted by molar-refractivity contribution is -0.133. The van der Waals surface area contributed by atoms with Crippen LogP contribution in [0.5, 0.6) is 0 Å². The molecule has 0 atom stereocenters. The highest BCUT2D eigenvalue weighted by molar-refractivity contribution is 7.87. The Labute approximate surface area is 110 Å². The summed E-state index contributed by atoms with van der Waals surface area (Å²) in [6.45, 7) is -1.15. The van der Waals surface area contributed by atoms with Crippen LogP contribution in [-0.4, -0.2) is 54.2 Å². The monoisotopic (exact) mass is 319 g/mol. The number of carboxylic acid groups (broad SMARTS) is 2. The predicted molar refractivity (Wildman–Crippen MR) is 54.9 cm³/mol. The van der Waals surface area contributed by atoms with Crippen molar-refractivity contribution < 1.29 is 45.6 Å². The first-order valence-electron chi connectivity index (χ1n) is 4.89. The highest BCUT2D eigenvalue weighted by atomic mass is 32.2. The average molecular weight is 319 g/mol. The summed E-state index contributed by atoms with van der Waals surface area (Å²) in [5.74, 6) is -2.68. The number of aliphatic carboxylic acids is 1. The van der Waals surface area contributed by atoms with E-state index in [-0.39, 0.29) is 6.54 Å². The van der Waals surface area contributed by atoms with E-state index in [1.54, 1.807) is 0 Å². The summed E-state index contributed by atoms with van der Waals surface area (Å²) in [5.41, 5.74) is -6.56. The lowest BCUT2D eigenvalue weighted by atomic mass is 10.1. The first-order valence-corrected chi connectivity index (χ1v) is 6.30. The Hall–Kier alpha value is -1.98. The summed E-state index contributed by atoms with van der Waals surface area (Å²) in [6.07, 6.45) is -2.08. The van der Waals surface area contributed by atoms with E-state index in [4.69, 9.17) is 10.2 Å². The lowest BCUT2D eigenvalue weighted by Gasteiger charge is -2.26. The van der Waals surface area contributed by atoms with Gasteiger partial charge in [-0.05, 0) is 0 Å². The Bertz CT molecular complexity index is 565. The molecule has 0 aromatic heterocycles. The van der Waals surface area contributed by atoms with Gasteiger partial charge in [-0.3, -0.25) is 0 Å². The number of carboxylic acids is 1. The standard InChI is InChI=1S/C8H8F3NO7S/c9-8(10,11)20(17,18)19-5-1-2-12(7(15)16)3-4(5)6(13)14/h1-3H2,(H,13,14)(H,15,16). The van der Waals surface area contributed by atoms with Crippen LogP contribution in [0, 0.1) is 0 Å². The molecule has 1 amide bonds. The summed E-state index contributed by atoms with van der Waals surface area (Å²) in [6, 6.07) is 0. The van der Waals surface area contributed by atoms with E-state index < -0.39 is 52.0 Å². The van der Waals surface area contributed by atoms with Crippen molar-refractivity contribution in [1.29, 1.82) is 0 Å². The molecule has 1 aliphatic rings. The molecular formula is C8H8F3NO7S. The minimum absolute atomic E-state index is 0.380. The molecule has 0 aromatic carbocycles. The molecule has 0 spiro atoms. The lowest BCUT2D eigenvalue weighted by Crippen LogP contribution is -2.39. The SMILES string of the molecule is O=C(O)C1=C(OS(=O)(=O)C(F)(F)F)CCN(C(=O)O)C1. The third-order valence-electron chi connectivity index (χ3n) is 2.32. The van der Waals surface area contributed by atoms with Crippen LogP contribution in [0.1, 0.15) is 6.42 Å². The van der Waals surface area contributed by atoms with E-state index in [2.05, 4.69) is 4.18 Å². The van der Waals surface area contributed by atoms with E-state index in [1.165, 1.54) is 0 Å². The molecule has 1 aliphatic heterocycles. The van der Waals surface area contributed by atoms with Crippen LogP contribution in [0.15, 0.2) is 11.3 Å². The molecule has 0 radical (unpaired) electrons. The molecule has 0 fully saturated rings. The van der Waals surface area contributed by atoms with Crippen molar-refractivity contribution in [1.82, 2.24) is 4.90 Å². The molecule has 0 saturated carbocycles. The van der Waals surface area contributed by atoms with Gasteiger partial charge in [0.05, 0.1) is 12.1 Å². The molecule has 1 heterocycles. The van der Waals surface area contributed by atoms with Crippen molar-refractivity contribution in [3.63, 3.8) is 0 Å². The van der Waals surface area contributed by atoms with Crippen LogP contribution >= 0.6 is 0 Å². The van der Waals surface area contributed by atoms with Crippen LogP contribution in [0.25, 0.3) is 0 Å². The Morgan fingerprint density at radius 3 is 2.20 bits per heavy atom. The van der Waals surface area contributed by atoms with Gasteiger partial charge in [-0.1, -0.05) is 0 Å². The number of hydrogen-bond donors (Lipinski definition) is 2. The fraction of sp³-hybridized carbons (Fsp3) is 0.500. The smallest absolute Gasteiger partial charge is 0.478 e. The van der Waals surface area contributed by atoms with Gasteiger partial charge in [0, 0.05) is 13.0 Å². The molecule has 0 bridgehead atoms. The van der Waals surface area contributed by atoms with Gasteiger partial charge in [-0.2, -0.15) is 21.6 Å². The first kappa shape index (κ1) is 16.1. The summed E-state index contributed by atoms with van der Waals surface area (Å²) < 4.78 is 61.8. The van der Waals surface area contributed by atoms with Gasteiger partial charge >= 0.3 is 27.7 Å². The summed E-state index contributed by atoms with van der Waals surface area (Å²) >= 11 is 0. The average Bonchev–Trinajstić information content (AvgIpc) is 2.26. The Kier molecular flexibility index (Phi) is 4.17. The van der Waals surface area contributed by atoms with Gasteiger partial charge in [0.15, 0.2) is 0 Å². The zero-order valence-corrected chi connectivity index (χ0v) is 10.4. The number of hydrogen-bond acceptors (Lipinski definition) is 5. The Balaban J connectivity index is 3.11. The fourth-order valence-electron chi connectivity index (χ4n) is 1.37. The maximum absolute atomic E-state index is 12.1. The summed E-state index contributed by atoms with van der Waals surface area (Å²) in [5, 5.41) is 17.4. The van der Waals surface area contributed by atoms with E-state index in [1.807, 2.05) is 0 Å². The van der Waals surface area contributed by atoms with Crippen molar-refractivity contribution in [2.45, 2.75) is 11.9 Å². The second-order valence-electron chi connectivity index (χ2n) is 3.64. The van der Waals surface area contributed by atoms with Crippen LogP contribution in [0.4, 0.5) is 18.0 Å². The fourth-order valence-corrected chi connectivity index (χ4v) is 1.91. The van der Waals surface area contributed by atoms with E-state index in [0.29, 0.717) is 4.90 Å². The van der Waals surface area contributed by atoms with Crippen molar-refractivity contribution >= 4 is 22.2 Å². The maximum Gasteiger partial charge on any atom is 0.534 e. The topological polar surface area (TPSA) is 121 Å². The number of rotatable bonds is 3. The van der Waals surface area contributed by atoms with Crippen LogP contribution in [0.2, 0.25) is 0 Å². The molecule has 0 aromatic rings. The van der Waals surface area contributed by atoms with E-state index >= 15 is 0 Å². The highest BCUT2D eigenvalue weighted by Gasteiger charge is 2.49. The molecule has 20 heavy (non-hydrogen) atoms. The number of amides is 1. The number of halogens is 3. The molecule has 12 heteroatoms. The Morgan fingerprint density at radius 1 is 1.25 bits per heavy atom. The molecule has 0 saturated heterocycles. The number of carbonyl (C=O) groups is 2. The molecular weight excluding hydrogens is 311 g/mol. The number of nitrogens with zero attached hydrogens (tertiary/aromatic N) is 1. The molecule has 1 rings (SSSR count). The van der Waals surface area contributed by atoms with Crippen LogP contribution in [-0.2, 0) is 19.1 Å². The van der Waals surface area contributed by atoms with Crippen LogP contribution < -0.4 is 0 Å². The predicted octanol–water partition coefficient (Wildman–Crippen LogP) is 0.575. The van der Waals surface area contributed by atoms with Gasteiger partial charge in [-0.15, -0.1) is 0 Å². The molecule has 0 unspecified atom stereocenters. The third kappa shape index (κ3) is 3.31. The largest absolute Gasteiger partial charge is 0.534 e. The Morgan fingerprint density at radius 2 is 1.80 bits per heavy atom. The zero-order valence-electron chi connectivity index (χ0n) is 9.55. The summed E-state index contributed by atoms with van der Waals surface area (Å²) in [7, 11) is -5.99. The van der Waals surface area contributed by atoms with Gasteiger partial charge in [0.2, 0.25) is 0 Å². The second kappa shape index (κ2) is 5.19. The quantitative estimate of drug-likeness (QED) is 0.576. The van der Waals surface area contributed by atoms with Gasteiger partial charge < -0.3 is 19.3 Å². The molecule has 0 aliphatic carbocycles. The van der Waals surface area contributed by atoms with Gasteiger partial charge in [-0.25, -0.2) is 9.59 Å². The van der Waals surface area contributed by atoms with Crippen molar-refractivity contribution in [3.8, 4) is 0 Å². The van der Waals surface area contributed by atoms with Crippen molar-refractivity contribution in [2.24, 2.45) is 0 Å². The minimum Gasteiger partial charge on any atom is -0.478 e. The number of alkyl halides is 3. The van der Waals surface area contributed by atoms with Crippen molar-refractivity contribution in [2.75, 3.05) is 13.1 Å². The normalized spacial score (nSPS) is 17.1. The van der Waals surface area contributed by atoms with Gasteiger partial charge in [0.1, 0.15) is 5.76 Å². The van der Waals surface area contributed by atoms with Crippen molar-refractivity contribution in [3.05, 3.63) is 11.3 Å². The van der Waals surface area contributed by atoms with E-state index in [9.17, 15) is 31.2 Å². The third-order valence-corrected chi connectivity index (χ3v) is 3.30. The zero-order chi connectivity index (χ0) is 15.7. The minimum atomic E-state index is -5.99.